The molecule has 0 radical (unpaired) electrons. The Labute approximate surface area is 99.2 Å². The molecule has 1 aromatic rings. The molecule has 0 amide bonds. The van der Waals surface area contributed by atoms with E-state index in [2.05, 4.69) is 21.2 Å². The van der Waals surface area contributed by atoms with E-state index in [9.17, 15) is 4.79 Å². The van der Waals surface area contributed by atoms with E-state index in [0.29, 0.717) is 12.8 Å². The van der Waals surface area contributed by atoms with Crippen LogP contribution in [0.25, 0.3) is 0 Å². The van der Waals surface area contributed by atoms with Crippen molar-refractivity contribution in [2.24, 2.45) is 0 Å². The van der Waals surface area contributed by atoms with Gasteiger partial charge in [0.15, 0.2) is 0 Å². The summed E-state index contributed by atoms with van der Waals surface area (Å²) >= 11 is 3.39. The molecule has 82 valence electrons. The van der Waals surface area contributed by atoms with Crippen LogP contribution in [0.5, 0.6) is 0 Å². The first-order valence-corrected chi connectivity index (χ1v) is 5.98. The number of carbonyl (C=O) groups excluding carboxylic acids is 1. The van der Waals surface area contributed by atoms with Gasteiger partial charge in [0.2, 0.25) is 0 Å². The number of ketones is 1. The highest BCUT2D eigenvalue weighted by atomic mass is 79.9. The highest BCUT2D eigenvalue weighted by molar-refractivity contribution is 9.10. The number of hydrogen-bond acceptors (Lipinski definition) is 2. The number of halogens is 1. The lowest BCUT2D eigenvalue weighted by Crippen LogP contribution is -2.18. The Morgan fingerprint density at radius 3 is 2.93 bits per heavy atom. The van der Waals surface area contributed by atoms with Crippen LogP contribution in [0, 0.1) is 0 Å². The summed E-state index contributed by atoms with van der Waals surface area (Å²) in [6.45, 7) is 3.74. The van der Waals surface area contributed by atoms with Gasteiger partial charge in [0.25, 0.3) is 0 Å². The second-order valence-corrected chi connectivity index (χ2v) is 4.36. The monoisotopic (exact) mass is 269 g/mol. The summed E-state index contributed by atoms with van der Waals surface area (Å²) in [5, 5.41) is 3.15. The molecule has 0 spiro atoms. The lowest BCUT2D eigenvalue weighted by molar-refractivity contribution is -0.118. The maximum Gasteiger partial charge on any atom is 0.138 e. The molecule has 15 heavy (non-hydrogen) atoms. The molecule has 0 saturated carbocycles. The van der Waals surface area contributed by atoms with Gasteiger partial charge in [-0.2, -0.15) is 0 Å². The summed E-state index contributed by atoms with van der Waals surface area (Å²) in [6.07, 6.45) is 1.14. The molecule has 2 nitrogen and oxygen atoms in total. The second kappa shape index (κ2) is 6.75. The fourth-order valence-corrected chi connectivity index (χ4v) is 1.81. The molecule has 1 rings (SSSR count). The van der Waals surface area contributed by atoms with E-state index in [0.717, 1.165) is 23.1 Å². The maximum absolute atomic E-state index is 11.5. The zero-order chi connectivity index (χ0) is 11.1. The third kappa shape index (κ3) is 5.09. The van der Waals surface area contributed by atoms with Crippen molar-refractivity contribution in [2.75, 3.05) is 13.1 Å². The van der Waals surface area contributed by atoms with Crippen molar-refractivity contribution in [1.82, 2.24) is 5.32 Å². The van der Waals surface area contributed by atoms with Crippen molar-refractivity contribution in [3.63, 3.8) is 0 Å². The van der Waals surface area contributed by atoms with Gasteiger partial charge in [-0.3, -0.25) is 4.79 Å². The van der Waals surface area contributed by atoms with Crippen molar-refractivity contribution in [2.45, 2.75) is 19.8 Å². The van der Waals surface area contributed by atoms with E-state index in [1.807, 2.05) is 31.2 Å². The largest absolute Gasteiger partial charge is 0.317 e. The Kier molecular flexibility index (Phi) is 5.58. The molecule has 1 aromatic carbocycles. The van der Waals surface area contributed by atoms with Crippen LogP contribution >= 0.6 is 15.9 Å². The predicted octanol–water partition coefficient (Wildman–Crippen LogP) is 2.56. The second-order valence-electron chi connectivity index (χ2n) is 3.45. The van der Waals surface area contributed by atoms with E-state index in [1.165, 1.54) is 0 Å². The summed E-state index contributed by atoms with van der Waals surface area (Å²) in [5.41, 5.74) is 1.07. The minimum absolute atomic E-state index is 0.286. The molecule has 0 heterocycles. The molecule has 0 aliphatic rings. The SMILES string of the molecule is CCNCCC(=O)Cc1cccc(Br)c1. The Bertz CT molecular complexity index is 325. The van der Waals surface area contributed by atoms with Crippen LogP contribution in [0.3, 0.4) is 0 Å². The molecule has 0 atom stereocenters. The number of rotatable bonds is 6. The van der Waals surface area contributed by atoms with E-state index >= 15 is 0 Å². The van der Waals surface area contributed by atoms with Gasteiger partial charge in [0, 0.05) is 23.9 Å². The Morgan fingerprint density at radius 2 is 2.27 bits per heavy atom. The topological polar surface area (TPSA) is 29.1 Å². The molecule has 1 N–H and O–H groups in total. The molecular weight excluding hydrogens is 254 g/mol. The third-order valence-corrected chi connectivity index (χ3v) is 2.61. The van der Waals surface area contributed by atoms with Crippen LogP contribution in [-0.2, 0) is 11.2 Å². The summed E-state index contributed by atoms with van der Waals surface area (Å²) in [5.74, 6) is 0.286. The average molecular weight is 270 g/mol. The molecule has 0 unspecified atom stereocenters. The quantitative estimate of drug-likeness (QED) is 0.805. The molecule has 3 heteroatoms. The Balaban J connectivity index is 2.37. The standard InChI is InChI=1S/C12H16BrNO/c1-2-14-7-6-12(15)9-10-4-3-5-11(13)8-10/h3-5,8,14H,2,6-7,9H2,1H3. The number of carbonyl (C=O) groups is 1. The minimum Gasteiger partial charge on any atom is -0.317 e. The average Bonchev–Trinajstić information content (AvgIpc) is 2.18. The summed E-state index contributed by atoms with van der Waals surface area (Å²) in [6, 6.07) is 7.89. The first-order chi connectivity index (χ1) is 7.22. The molecule has 0 bridgehead atoms. The molecule has 0 aliphatic heterocycles. The zero-order valence-corrected chi connectivity index (χ0v) is 10.5. The summed E-state index contributed by atoms with van der Waals surface area (Å²) in [7, 11) is 0. The van der Waals surface area contributed by atoms with Crippen LogP contribution in [0.4, 0.5) is 0 Å². The van der Waals surface area contributed by atoms with E-state index in [-0.39, 0.29) is 5.78 Å². The van der Waals surface area contributed by atoms with Gasteiger partial charge in [-0.15, -0.1) is 0 Å². The lowest BCUT2D eigenvalue weighted by atomic mass is 10.1. The fourth-order valence-electron chi connectivity index (χ4n) is 1.37. The van der Waals surface area contributed by atoms with Crippen molar-refractivity contribution in [1.29, 1.82) is 0 Å². The predicted molar refractivity (Wildman–Crippen MR) is 66.0 cm³/mol. The van der Waals surface area contributed by atoms with Crippen LogP contribution in [0.15, 0.2) is 28.7 Å². The van der Waals surface area contributed by atoms with E-state index in [4.69, 9.17) is 0 Å². The fraction of sp³-hybridized carbons (Fsp3) is 0.417. The van der Waals surface area contributed by atoms with Crippen LogP contribution in [-0.4, -0.2) is 18.9 Å². The first kappa shape index (κ1) is 12.4. The molecule has 0 aliphatic carbocycles. The normalized spacial score (nSPS) is 10.3. The maximum atomic E-state index is 11.5. The molecule has 0 fully saturated rings. The van der Waals surface area contributed by atoms with Crippen molar-refractivity contribution in [3.05, 3.63) is 34.3 Å². The van der Waals surface area contributed by atoms with Crippen LogP contribution in [0.2, 0.25) is 0 Å². The highest BCUT2D eigenvalue weighted by Gasteiger charge is 2.03. The van der Waals surface area contributed by atoms with Gasteiger partial charge in [-0.1, -0.05) is 35.0 Å². The summed E-state index contributed by atoms with van der Waals surface area (Å²) in [4.78, 5) is 11.5. The minimum atomic E-state index is 0.286. The Morgan fingerprint density at radius 1 is 1.47 bits per heavy atom. The number of hydrogen-bond donors (Lipinski definition) is 1. The molecular formula is C12H16BrNO. The van der Waals surface area contributed by atoms with Gasteiger partial charge >= 0.3 is 0 Å². The van der Waals surface area contributed by atoms with E-state index in [1.54, 1.807) is 0 Å². The van der Waals surface area contributed by atoms with Gasteiger partial charge in [0.1, 0.15) is 5.78 Å². The lowest BCUT2D eigenvalue weighted by Gasteiger charge is -2.02. The highest BCUT2D eigenvalue weighted by Crippen LogP contribution is 2.12. The number of Topliss-reactive ketones (excluding diaryl/α,β-unsaturated/α-hetero) is 1. The van der Waals surface area contributed by atoms with Crippen molar-refractivity contribution >= 4 is 21.7 Å². The van der Waals surface area contributed by atoms with Gasteiger partial charge in [-0.25, -0.2) is 0 Å². The first-order valence-electron chi connectivity index (χ1n) is 5.19. The molecule has 0 aromatic heterocycles. The molecule has 0 saturated heterocycles. The summed E-state index contributed by atoms with van der Waals surface area (Å²) < 4.78 is 1.03. The van der Waals surface area contributed by atoms with Gasteiger partial charge in [0.05, 0.1) is 0 Å². The van der Waals surface area contributed by atoms with Gasteiger partial charge in [-0.05, 0) is 24.2 Å². The van der Waals surface area contributed by atoms with E-state index < -0.39 is 0 Å². The third-order valence-electron chi connectivity index (χ3n) is 2.12. The van der Waals surface area contributed by atoms with Crippen LogP contribution < -0.4 is 5.32 Å². The van der Waals surface area contributed by atoms with Crippen molar-refractivity contribution in [3.8, 4) is 0 Å². The number of benzene rings is 1. The van der Waals surface area contributed by atoms with Crippen molar-refractivity contribution < 1.29 is 4.79 Å². The Hall–Kier alpha value is -0.670. The van der Waals surface area contributed by atoms with Crippen LogP contribution in [0.1, 0.15) is 18.9 Å². The van der Waals surface area contributed by atoms with Gasteiger partial charge < -0.3 is 5.32 Å². The zero-order valence-electron chi connectivity index (χ0n) is 8.92. The smallest absolute Gasteiger partial charge is 0.138 e. The number of nitrogens with one attached hydrogen (secondary N) is 1.